The molecule has 31 heavy (non-hydrogen) atoms. The molecule has 0 aliphatic carbocycles. The molecule has 2 aliphatic rings. The number of rotatable bonds is 4. The zero-order valence-electron chi connectivity index (χ0n) is 18.3. The number of benzene rings is 2. The van der Waals surface area contributed by atoms with Crippen molar-refractivity contribution in [2.45, 2.75) is 26.3 Å². The quantitative estimate of drug-likeness (QED) is 0.707. The van der Waals surface area contributed by atoms with E-state index in [1.54, 1.807) is 0 Å². The van der Waals surface area contributed by atoms with Gasteiger partial charge in [0.2, 0.25) is 5.91 Å². The van der Waals surface area contributed by atoms with Crippen molar-refractivity contribution in [2.75, 3.05) is 44.2 Å². The third-order valence-corrected chi connectivity index (χ3v) is 6.71. The van der Waals surface area contributed by atoms with Crippen LogP contribution in [-0.2, 0) is 11.3 Å². The molecule has 1 N–H and O–H groups in total. The first-order valence-electron chi connectivity index (χ1n) is 11.4. The number of aryl methyl sites for hydroxylation is 1. The average Bonchev–Trinajstić information content (AvgIpc) is 3.21. The van der Waals surface area contributed by atoms with Gasteiger partial charge in [0.25, 0.3) is 0 Å². The lowest BCUT2D eigenvalue weighted by Gasteiger charge is -2.39. The first-order chi connectivity index (χ1) is 15.2. The van der Waals surface area contributed by atoms with Crippen LogP contribution in [0.3, 0.4) is 0 Å². The number of carbonyl (C=O) groups is 1. The van der Waals surface area contributed by atoms with Crippen LogP contribution in [-0.4, -0.2) is 64.9 Å². The number of hydrogen-bond acceptors (Lipinski definition) is 4. The van der Waals surface area contributed by atoms with Gasteiger partial charge in [0, 0.05) is 37.8 Å². The second-order valence-electron chi connectivity index (χ2n) is 8.90. The van der Waals surface area contributed by atoms with Gasteiger partial charge in [-0.15, -0.1) is 0 Å². The van der Waals surface area contributed by atoms with Crippen LogP contribution in [0.25, 0.3) is 11.0 Å². The molecule has 162 valence electrons. The summed E-state index contributed by atoms with van der Waals surface area (Å²) >= 11 is 0. The highest BCUT2D eigenvalue weighted by molar-refractivity contribution is 5.79. The van der Waals surface area contributed by atoms with Gasteiger partial charge in [-0.2, -0.15) is 0 Å². The lowest BCUT2D eigenvalue weighted by atomic mass is 9.95. The van der Waals surface area contributed by atoms with E-state index in [9.17, 15) is 4.79 Å². The first-order valence-corrected chi connectivity index (χ1v) is 11.4. The summed E-state index contributed by atoms with van der Waals surface area (Å²) in [4.78, 5) is 28.1. The molecule has 2 fully saturated rings. The highest BCUT2D eigenvalue weighted by Gasteiger charge is 2.30. The largest absolute Gasteiger partial charge is 0.368 e. The lowest BCUT2D eigenvalue weighted by molar-refractivity contribution is -0.137. The maximum atomic E-state index is 13.1. The third-order valence-electron chi connectivity index (χ3n) is 6.71. The normalized spacial score (nSPS) is 18.6. The molecule has 1 aromatic heterocycles. The van der Waals surface area contributed by atoms with Gasteiger partial charge >= 0.3 is 0 Å². The zero-order chi connectivity index (χ0) is 21.2. The maximum absolute atomic E-state index is 13.1. The van der Waals surface area contributed by atoms with Crippen molar-refractivity contribution in [1.29, 1.82) is 0 Å². The Morgan fingerprint density at radius 2 is 1.77 bits per heavy atom. The Kier molecular flexibility index (Phi) is 5.64. The Morgan fingerprint density at radius 3 is 2.52 bits per heavy atom. The van der Waals surface area contributed by atoms with Crippen molar-refractivity contribution in [3.05, 3.63) is 59.9 Å². The number of aromatic nitrogens is 2. The van der Waals surface area contributed by atoms with E-state index in [0.717, 1.165) is 75.5 Å². The van der Waals surface area contributed by atoms with E-state index < -0.39 is 0 Å². The Morgan fingerprint density at radius 1 is 1.00 bits per heavy atom. The van der Waals surface area contributed by atoms with Crippen molar-refractivity contribution >= 4 is 22.6 Å². The number of imidazole rings is 1. The second kappa shape index (κ2) is 8.71. The number of piperidine rings is 1. The highest BCUT2D eigenvalue weighted by Crippen LogP contribution is 2.23. The number of likely N-dealkylation sites (tertiary alicyclic amines) is 1. The molecule has 3 aromatic rings. The molecule has 6 nitrogen and oxygen atoms in total. The van der Waals surface area contributed by atoms with Crippen LogP contribution in [0.5, 0.6) is 0 Å². The number of hydrogen-bond donors (Lipinski definition) is 1. The maximum Gasteiger partial charge on any atom is 0.225 e. The minimum absolute atomic E-state index is 0.164. The summed E-state index contributed by atoms with van der Waals surface area (Å²) in [5.74, 6) is 1.53. The van der Waals surface area contributed by atoms with Gasteiger partial charge in [-0.1, -0.05) is 24.3 Å². The SMILES string of the molecule is Cc1cccc(N2CCN(C(=O)C3CCN(Cc4nc5ccccc5[nH]4)CC3)CC2)c1. The molecular formula is C25H31N5O. The van der Waals surface area contributed by atoms with Crippen LogP contribution >= 0.6 is 0 Å². The van der Waals surface area contributed by atoms with Crippen LogP contribution in [0.4, 0.5) is 5.69 Å². The minimum atomic E-state index is 0.164. The number of para-hydroxylation sites is 2. The van der Waals surface area contributed by atoms with Crippen LogP contribution in [0.15, 0.2) is 48.5 Å². The van der Waals surface area contributed by atoms with E-state index in [2.05, 4.69) is 56.9 Å². The number of aromatic amines is 1. The molecular weight excluding hydrogens is 386 g/mol. The van der Waals surface area contributed by atoms with Gasteiger partial charge in [0.15, 0.2) is 0 Å². The molecule has 0 saturated carbocycles. The van der Waals surface area contributed by atoms with E-state index in [-0.39, 0.29) is 5.92 Å². The molecule has 2 aliphatic heterocycles. The van der Waals surface area contributed by atoms with Crippen molar-refractivity contribution in [3.63, 3.8) is 0 Å². The fraction of sp³-hybridized carbons (Fsp3) is 0.440. The minimum Gasteiger partial charge on any atom is -0.368 e. The molecule has 0 bridgehead atoms. The number of piperazine rings is 1. The van der Waals surface area contributed by atoms with Gasteiger partial charge in [-0.25, -0.2) is 4.98 Å². The number of fused-ring (bicyclic) bond motifs is 1. The molecule has 2 aromatic carbocycles. The van der Waals surface area contributed by atoms with E-state index >= 15 is 0 Å². The van der Waals surface area contributed by atoms with E-state index in [4.69, 9.17) is 4.98 Å². The lowest BCUT2D eigenvalue weighted by Crippen LogP contribution is -2.51. The van der Waals surface area contributed by atoms with E-state index in [1.807, 2.05) is 18.2 Å². The average molecular weight is 418 g/mol. The highest BCUT2D eigenvalue weighted by atomic mass is 16.2. The first kappa shape index (κ1) is 20.1. The van der Waals surface area contributed by atoms with Gasteiger partial charge in [0.05, 0.1) is 17.6 Å². The summed E-state index contributed by atoms with van der Waals surface area (Å²) in [7, 11) is 0. The molecule has 3 heterocycles. The summed E-state index contributed by atoms with van der Waals surface area (Å²) in [6.45, 7) is 8.35. The molecule has 0 atom stereocenters. The summed E-state index contributed by atoms with van der Waals surface area (Å²) < 4.78 is 0. The van der Waals surface area contributed by atoms with Gasteiger partial charge < -0.3 is 14.8 Å². The molecule has 0 spiro atoms. The second-order valence-corrected chi connectivity index (χ2v) is 8.90. The Labute approximate surface area is 183 Å². The van der Waals surface area contributed by atoms with Crippen LogP contribution in [0.1, 0.15) is 24.2 Å². The number of nitrogens with zero attached hydrogens (tertiary/aromatic N) is 4. The van der Waals surface area contributed by atoms with Crippen LogP contribution < -0.4 is 4.90 Å². The fourth-order valence-corrected chi connectivity index (χ4v) is 4.90. The monoisotopic (exact) mass is 417 g/mol. The number of amides is 1. The molecule has 2 saturated heterocycles. The summed E-state index contributed by atoms with van der Waals surface area (Å²) in [5, 5.41) is 0. The predicted octanol–water partition coefficient (Wildman–Crippen LogP) is 3.43. The molecule has 5 rings (SSSR count). The standard InChI is InChI=1S/C25H31N5O/c1-19-5-4-6-21(17-19)29-13-15-30(16-14-29)25(31)20-9-11-28(12-10-20)18-24-26-22-7-2-3-8-23(22)27-24/h2-8,17,20H,9-16,18H2,1H3,(H,26,27). The van der Waals surface area contributed by atoms with Crippen molar-refractivity contribution in [2.24, 2.45) is 5.92 Å². The Bertz CT molecular complexity index is 1010. The summed E-state index contributed by atoms with van der Waals surface area (Å²) in [6, 6.07) is 16.8. The van der Waals surface area contributed by atoms with E-state index in [0.29, 0.717) is 5.91 Å². The molecule has 0 radical (unpaired) electrons. The predicted molar refractivity (Wildman–Crippen MR) is 124 cm³/mol. The molecule has 1 amide bonds. The van der Waals surface area contributed by atoms with Crippen molar-refractivity contribution < 1.29 is 4.79 Å². The van der Waals surface area contributed by atoms with Gasteiger partial charge in [0.1, 0.15) is 5.82 Å². The van der Waals surface area contributed by atoms with Crippen LogP contribution in [0, 0.1) is 12.8 Å². The number of H-pyrrole nitrogens is 1. The smallest absolute Gasteiger partial charge is 0.225 e. The Balaban J connectivity index is 1.11. The summed E-state index contributed by atoms with van der Waals surface area (Å²) in [6.07, 6.45) is 1.88. The molecule has 0 unspecified atom stereocenters. The van der Waals surface area contributed by atoms with Gasteiger partial charge in [-0.05, 0) is 62.7 Å². The topological polar surface area (TPSA) is 55.5 Å². The van der Waals surface area contributed by atoms with Crippen molar-refractivity contribution in [1.82, 2.24) is 19.8 Å². The number of nitrogens with one attached hydrogen (secondary N) is 1. The van der Waals surface area contributed by atoms with Crippen molar-refractivity contribution in [3.8, 4) is 0 Å². The Hall–Kier alpha value is -2.86. The summed E-state index contributed by atoms with van der Waals surface area (Å²) in [5.41, 5.74) is 4.66. The number of carbonyl (C=O) groups excluding carboxylic acids is 1. The van der Waals surface area contributed by atoms with Crippen LogP contribution in [0.2, 0.25) is 0 Å². The fourth-order valence-electron chi connectivity index (χ4n) is 4.90. The molecule has 6 heteroatoms. The number of anilines is 1. The zero-order valence-corrected chi connectivity index (χ0v) is 18.3. The van der Waals surface area contributed by atoms with Gasteiger partial charge in [-0.3, -0.25) is 9.69 Å². The third kappa shape index (κ3) is 4.44. The van der Waals surface area contributed by atoms with E-state index in [1.165, 1.54) is 11.3 Å².